The first-order valence-corrected chi connectivity index (χ1v) is 12.5. The van der Waals surface area contributed by atoms with E-state index in [2.05, 4.69) is 5.32 Å². The molecule has 7 rings (SSSR count). The average Bonchev–Trinajstić information content (AvgIpc) is 3.16. The van der Waals surface area contributed by atoms with Crippen LogP contribution in [-0.4, -0.2) is 40.2 Å². The Morgan fingerprint density at radius 1 is 0.811 bits per heavy atom. The number of rotatable bonds is 5. The fourth-order valence-electron chi connectivity index (χ4n) is 6.11. The first-order valence-electron chi connectivity index (χ1n) is 11.7. The smallest absolute Gasteiger partial charge is 0.335 e. The SMILES string of the molecule is O=C(CCN1C(=O)[C@@H]2[C@H](C1=O)C1(Cl)c3ccccc3C2(Cl)c2ccccc21)Nc1cccc(C(=O)O)c1. The summed E-state index contributed by atoms with van der Waals surface area (Å²) >= 11 is 14.7. The number of hydrogen-bond donors (Lipinski definition) is 2. The number of benzene rings is 3. The van der Waals surface area contributed by atoms with E-state index >= 15 is 0 Å². The van der Waals surface area contributed by atoms with Crippen LogP contribution in [0.15, 0.2) is 72.8 Å². The number of aromatic carboxylic acids is 1. The van der Waals surface area contributed by atoms with Gasteiger partial charge in [-0.05, 0) is 40.5 Å². The van der Waals surface area contributed by atoms with Gasteiger partial charge in [-0.2, -0.15) is 0 Å². The fourth-order valence-corrected chi connectivity index (χ4v) is 7.21. The van der Waals surface area contributed by atoms with Crippen molar-refractivity contribution in [2.75, 3.05) is 11.9 Å². The van der Waals surface area contributed by atoms with E-state index in [-0.39, 0.29) is 18.5 Å². The van der Waals surface area contributed by atoms with Crippen LogP contribution in [0.4, 0.5) is 5.69 Å². The quantitative estimate of drug-likeness (QED) is 0.375. The van der Waals surface area contributed by atoms with Gasteiger partial charge in [-0.3, -0.25) is 19.3 Å². The molecular weight excluding hydrogens is 515 g/mol. The minimum absolute atomic E-state index is 0.0289. The first kappa shape index (κ1) is 23.7. The first-order chi connectivity index (χ1) is 17.7. The molecule has 3 amide bonds. The zero-order valence-electron chi connectivity index (χ0n) is 19.3. The number of carbonyl (C=O) groups excluding carboxylic acids is 3. The number of carboxylic acids is 1. The average molecular weight is 535 g/mol. The zero-order valence-corrected chi connectivity index (χ0v) is 20.8. The molecule has 0 radical (unpaired) electrons. The highest BCUT2D eigenvalue weighted by Crippen LogP contribution is 2.69. The summed E-state index contributed by atoms with van der Waals surface area (Å²) in [5.74, 6) is -4.33. The van der Waals surface area contributed by atoms with Gasteiger partial charge in [0.05, 0.1) is 17.4 Å². The van der Waals surface area contributed by atoms with E-state index in [0.717, 1.165) is 4.90 Å². The topological polar surface area (TPSA) is 104 Å². The number of alkyl halides is 2. The molecule has 1 fully saturated rings. The summed E-state index contributed by atoms with van der Waals surface area (Å²) in [7, 11) is 0. The van der Waals surface area contributed by atoms with Crippen molar-refractivity contribution in [1.82, 2.24) is 4.90 Å². The van der Waals surface area contributed by atoms with E-state index < -0.39 is 45.3 Å². The van der Waals surface area contributed by atoms with Gasteiger partial charge in [0.2, 0.25) is 17.7 Å². The fraction of sp³-hybridized carbons (Fsp3) is 0.214. The third-order valence-electron chi connectivity index (χ3n) is 7.63. The Hall–Kier alpha value is -3.68. The largest absolute Gasteiger partial charge is 0.478 e. The van der Waals surface area contributed by atoms with Crippen molar-refractivity contribution in [2.24, 2.45) is 11.8 Å². The van der Waals surface area contributed by atoms with Crippen molar-refractivity contribution < 1.29 is 24.3 Å². The van der Waals surface area contributed by atoms with Gasteiger partial charge in [-0.25, -0.2) is 4.79 Å². The third kappa shape index (κ3) is 3.14. The summed E-state index contributed by atoms with van der Waals surface area (Å²) in [6.07, 6.45) is -0.168. The lowest BCUT2D eigenvalue weighted by Crippen LogP contribution is -2.57. The van der Waals surface area contributed by atoms with Crippen molar-refractivity contribution >= 4 is 52.6 Å². The highest BCUT2D eigenvalue weighted by molar-refractivity contribution is 6.36. The maximum absolute atomic E-state index is 13.8. The summed E-state index contributed by atoms with van der Waals surface area (Å²) in [6, 6.07) is 20.6. The number of likely N-dealkylation sites (tertiary alicyclic amines) is 1. The van der Waals surface area contributed by atoms with Gasteiger partial charge < -0.3 is 10.4 Å². The molecule has 1 aliphatic heterocycles. The van der Waals surface area contributed by atoms with Crippen molar-refractivity contribution in [2.45, 2.75) is 16.2 Å². The standard InChI is InChI=1S/C28H20Cl2N2O5/c29-27-17-8-1-2-9-18(17)28(30,20-11-4-3-10-19(20)27)23-22(27)24(34)32(25(23)35)13-12-21(33)31-16-7-5-6-15(14-16)26(36)37/h1-11,14,22-23H,12-13H2,(H,31,33)(H,36,37)/t22-,23+,27?,28?. The molecule has 0 unspecified atom stereocenters. The van der Waals surface area contributed by atoms with Crippen LogP contribution < -0.4 is 5.32 Å². The number of amides is 3. The summed E-state index contributed by atoms with van der Waals surface area (Å²) < 4.78 is 0. The number of carbonyl (C=O) groups is 4. The maximum atomic E-state index is 13.8. The minimum atomic E-state index is -1.27. The number of carboxylic acid groups (broad SMARTS) is 1. The molecule has 0 saturated carbocycles. The normalized spacial score (nSPS) is 26.9. The second-order valence-electron chi connectivity index (χ2n) is 9.48. The molecule has 37 heavy (non-hydrogen) atoms. The monoisotopic (exact) mass is 534 g/mol. The molecule has 186 valence electrons. The Morgan fingerprint density at radius 3 is 1.76 bits per heavy atom. The molecule has 1 heterocycles. The van der Waals surface area contributed by atoms with Crippen LogP contribution in [0, 0.1) is 11.8 Å². The molecule has 3 aromatic rings. The van der Waals surface area contributed by atoms with Gasteiger partial charge in [-0.15, -0.1) is 23.2 Å². The molecule has 9 heteroatoms. The van der Waals surface area contributed by atoms with E-state index in [9.17, 15) is 19.2 Å². The van der Waals surface area contributed by atoms with Gasteiger partial charge in [0, 0.05) is 18.7 Å². The Morgan fingerprint density at radius 2 is 1.30 bits per heavy atom. The van der Waals surface area contributed by atoms with Gasteiger partial charge in [0.15, 0.2) is 0 Å². The Labute approximate surface area is 222 Å². The van der Waals surface area contributed by atoms with E-state index in [4.69, 9.17) is 28.3 Å². The van der Waals surface area contributed by atoms with Crippen LogP contribution >= 0.6 is 23.2 Å². The summed E-state index contributed by atoms with van der Waals surface area (Å²) in [5, 5.41) is 11.8. The maximum Gasteiger partial charge on any atom is 0.335 e. The van der Waals surface area contributed by atoms with E-state index in [1.54, 1.807) is 6.07 Å². The number of anilines is 1. The van der Waals surface area contributed by atoms with Crippen LogP contribution in [0.2, 0.25) is 0 Å². The van der Waals surface area contributed by atoms with Crippen LogP contribution in [0.25, 0.3) is 0 Å². The molecule has 1 saturated heterocycles. The number of halogens is 2. The Balaban J connectivity index is 1.31. The van der Waals surface area contributed by atoms with E-state index in [0.29, 0.717) is 27.9 Å². The van der Waals surface area contributed by atoms with Crippen LogP contribution in [0.5, 0.6) is 0 Å². The summed E-state index contributed by atoms with van der Waals surface area (Å²) in [6.45, 7) is -0.151. The number of hydrogen-bond acceptors (Lipinski definition) is 4. The molecule has 3 aromatic carbocycles. The minimum Gasteiger partial charge on any atom is -0.478 e. The van der Waals surface area contributed by atoms with Gasteiger partial charge >= 0.3 is 5.97 Å². The molecule has 3 aliphatic carbocycles. The summed E-state index contributed by atoms with van der Waals surface area (Å²) in [4.78, 5) is 49.9. The lowest BCUT2D eigenvalue weighted by atomic mass is 9.54. The zero-order chi connectivity index (χ0) is 26.1. The van der Waals surface area contributed by atoms with Crippen LogP contribution in [0.3, 0.4) is 0 Å². The van der Waals surface area contributed by atoms with Gasteiger partial charge in [-0.1, -0.05) is 54.6 Å². The molecule has 0 spiro atoms. The number of nitrogens with zero attached hydrogens (tertiary/aromatic N) is 1. The van der Waals surface area contributed by atoms with Gasteiger partial charge in [0.1, 0.15) is 9.75 Å². The molecule has 0 aromatic heterocycles. The molecular formula is C28H20Cl2N2O5. The number of imide groups is 1. The van der Waals surface area contributed by atoms with Crippen LogP contribution in [0.1, 0.15) is 39.0 Å². The Kier molecular flexibility index (Phi) is 5.23. The third-order valence-corrected chi connectivity index (χ3v) is 8.92. The predicted octanol–water partition coefficient (Wildman–Crippen LogP) is 4.31. The molecule has 2 bridgehead atoms. The van der Waals surface area contributed by atoms with Crippen molar-refractivity contribution in [3.8, 4) is 0 Å². The highest BCUT2D eigenvalue weighted by Gasteiger charge is 2.72. The van der Waals surface area contributed by atoms with Crippen molar-refractivity contribution in [1.29, 1.82) is 0 Å². The van der Waals surface area contributed by atoms with E-state index in [1.807, 2.05) is 48.5 Å². The second-order valence-corrected chi connectivity index (χ2v) is 10.7. The van der Waals surface area contributed by atoms with Crippen LogP contribution in [-0.2, 0) is 24.1 Å². The lowest BCUT2D eigenvalue weighted by molar-refractivity contribution is -0.140. The van der Waals surface area contributed by atoms with Crippen molar-refractivity contribution in [3.05, 3.63) is 101 Å². The van der Waals surface area contributed by atoms with Gasteiger partial charge in [0.25, 0.3) is 0 Å². The number of nitrogens with one attached hydrogen (secondary N) is 1. The summed E-state index contributed by atoms with van der Waals surface area (Å²) in [5.41, 5.74) is 3.19. The molecule has 2 atom stereocenters. The molecule has 2 N–H and O–H groups in total. The van der Waals surface area contributed by atoms with E-state index in [1.165, 1.54) is 18.2 Å². The Bertz CT molecular complexity index is 1400. The lowest BCUT2D eigenvalue weighted by Gasteiger charge is -2.54. The molecule has 4 aliphatic rings. The van der Waals surface area contributed by atoms with Crippen molar-refractivity contribution in [3.63, 3.8) is 0 Å². The highest BCUT2D eigenvalue weighted by atomic mass is 35.5. The second kappa shape index (κ2) is 8.16. The molecule has 7 nitrogen and oxygen atoms in total. The predicted molar refractivity (Wildman–Crippen MR) is 136 cm³/mol.